The van der Waals surface area contributed by atoms with Crippen molar-refractivity contribution in [2.75, 3.05) is 11.1 Å². The zero-order valence-corrected chi connectivity index (χ0v) is 19.2. The number of fused-ring (bicyclic) bond motifs is 1. The van der Waals surface area contributed by atoms with Gasteiger partial charge in [-0.15, -0.1) is 0 Å². The molecule has 1 amide bonds. The first-order valence-electron chi connectivity index (χ1n) is 10.5. The van der Waals surface area contributed by atoms with Crippen molar-refractivity contribution < 1.29 is 9.18 Å². The van der Waals surface area contributed by atoms with Gasteiger partial charge in [0.05, 0.1) is 16.6 Å². The quantitative estimate of drug-likeness (QED) is 0.188. The molecule has 0 saturated heterocycles. The Morgan fingerprint density at radius 2 is 1.82 bits per heavy atom. The molecular formula is C25H21ClFN3O2S. The number of anilines is 1. The van der Waals surface area contributed by atoms with Gasteiger partial charge in [-0.3, -0.25) is 14.2 Å². The lowest BCUT2D eigenvalue weighted by molar-refractivity contribution is -0.116. The van der Waals surface area contributed by atoms with Crippen LogP contribution in [-0.4, -0.2) is 21.2 Å². The van der Waals surface area contributed by atoms with Gasteiger partial charge in [-0.25, -0.2) is 9.37 Å². The van der Waals surface area contributed by atoms with Crippen LogP contribution in [0.2, 0.25) is 5.02 Å². The number of amides is 1. The first kappa shape index (κ1) is 23.0. The van der Waals surface area contributed by atoms with Crippen molar-refractivity contribution in [3.05, 3.63) is 94.0 Å². The first-order chi connectivity index (χ1) is 16.0. The third-order valence-corrected chi connectivity index (χ3v) is 6.23. The smallest absolute Gasteiger partial charge is 0.266 e. The van der Waals surface area contributed by atoms with Gasteiger partial charge in [0.15, 0.2) is 5.16 Å². The van der Waals surface area contributed by atoms with Crippen molar-refractivity contribution in [1.82, 2.24) is 9.55 Å². The molecule has 0 atom stereocenters. The van der Waals surface area contributed by atoms with Gasteiger partial charge in [-0.1, -0.05) is 41.6 Å². The molecule has 168 valence electrons. The highest BCUT2D eigenvalue weighted by Crippen LogP contribution is 2.24. The summed E-state index contributed by atoms with van der Waals surface area (Å²) in [6.07, 6.45) is 1.79. The summed E-state index contributed by atoms with van der Waals surface area (Å²) in [5.41, 5.74) is 1.72. The minimum atomic E-state index is -0.344. The second kappa shape index (κ2) is 10.6. The number of halogens is 2. The van der Waals surface area contributed by atoms with Gasteiger partial charge < -0.3 is 5.32 Å². The highest BCUT2D eigenvalue weighted by Gasteiger charge is 2.13. The summed E-state index contributed by atoms with van der Waals surface area (Å²) in [5, 5.41) is 4.42. The number of hydrogen-bond donors (Lipinski definition) is 1. The van der Waals surface area contributed by atoms with E-state index in [0.29, 0.717) is 51.1 Å². The van der Waals surface area contributed by atoms with Crippen molar-refractivity contribution in [3.8, 4) is 5.69 Å². The third-order valence-electron chi connectivity index (χ3n) is 4.97. The number of nitrogens with one attached hydrogen (secondary N) is 1. The predicted molar refractivity (Wildman–Crippen MR) is 132 cm³/mol. The third kappa shape index (κ3) is 5.80. The number of unbranched alkanes of at least 4 members (excludes halogenated alkanes) is 1. The molecular weight excluding hydrogens is 461 g/mol. The Morgan fingerprint density at radius 3 is 2.61 bits per heavy atom. The van der Waals surface area contributed by atoms with E-state index < -0.39 is 0 Å². The molecule has 0 saturated carbocycles. The minimum absolute atomic E-state index is 0.119. The Kier molecular flexibility index (Phi) is 7.42. The maximum atomic E-state index is 13.2. The van der Waals surface area contributed by atoms with E-state index in [9.17, 15) is 14.0 Å². The number of rotatable bonds is 8. The highest BCUT2D eigenvalue weighted by atomic mass is 35.5. The number of hydrogen-bond acceptors (Lipinski definition) is 4. The minimum Gasteiger partial charge on any atom is -0.326 e. The predicted octanol–water partition coefficient (Wildman–Crippen LogP) is 6.08. The van der Waals surface area contributed by atoms with Gasteiger partial charge in [0, 0.05) is 22.9 Å². The van der Waals surface area contributed by atoms with Gasteiger partial charge in [0.25, 0.3) is 5.56 Å². The number of nitrogens with zero attached hydrogens (tertiary/aromatic N) is 2. The van der Waals surface area contributed by atoms with Gasteiger partial charge in [0.1, 0.15) is 5.82 Å². The molecule has 0 bridgehead atoms. The van der Waals surface area contributed by atoms with Gasteiger partial charge >= 0.3 is 0 Å². The Balaban J connectivity index is 1.43. The van der Waals surface area contributed by atoms with E-state index in [-0.39, 0.29) is 17.3 Å². The fraction of sp³-hybridized carbons (Fsp3) is 0.160. The number of carbonyl (C=O) groups excluding carboxylic acids is 1. The molecule has 4 rings (SSSR count). The lowest BCUT2D eigenvalue weighted by Crippen LogP contribution is -2.21. The van der Waals surface area contributed by atoms with E-state index in [4.69, 9.17) is 16.6 Å². The molecule has 1 N–H and O–H groups in total. The summed E-state index contributed by atoms with van der Waals surface area (Å²) >= 11 is 7.63. The Hall–Kier alpha value is -3.16. The van der Waals surface area contributed by atoms with Gasteiger partial charge in [0.2, 0.25) is 5.91 Å². The average molecular weight is 482 g/mol. The molecule has 8 heteroatoms. The average Bonchev–Trinajstić information content (AvgIpc) is 2.80. The van der Waals surface area contributed by atoms with E-state index in [0.717, 1.165) is 6.42 Å². The molecule has 0 aliphatic rings. The molecule has 1 aromatic heterocycles. The molecule has 4 aromatic rings. The standard InChI is InChI=1S/C25H21ClFN3O2S/c26-17-6-5-7-20(16-17)30-24(32)21-8-1-2-9-22(21)29-25(30)33-15-4-3-10-23(31)28-19-13-11-18(27)12-14-19/h1-2,5-9,11-14,16H,3-4,10,15H2,(H,28,31). The van der Waals surface area contributed by atoms with Crippen LogP contribution in [0.25, 0.3) is 16.6 Å². The fourth-order valence-corrected chi connectivity index (χ4v) is 4.56. The Labute approximate surface area is 199 Å². The van der Waals surface area contributed by atoms with E-state index in [2.05, 4.69) is 5.32 Å². The van der Waals surface area contributed by atoms with E-state index >= 15 is 0 Å². The Bertz CT molecular complexity index is 1340. The summed E-state index contributed by atoms with van der Waals surface area (Å²) in [7, 11) is 0. The summed E-state index contributed by atoms with van der Waals surface area (Å²) in [5.74, 6) is 0.227. The molecule has 3 aromatic carbocycles. The van der Waals surface area contributed by atoms with Crippen molar-refractivity contribution in [2.45, 2.75) is 24.4 Å². The topological polar surface area (TPSA) is 64.0 Å². The fourth-order valence-electron chi connectivity index (χ4n) is 3.36. The van der Waals surface area contributed by atoms with Crippen molar-refractivity contribution in [3.63, 3.8) is 0 Å². The van der Waals surface area contributed by atoms with Crippen LogP contribution in [0.5, 0.6) is 0 Å². The normalized spacial score (nSPS) is 11.0. The lowest BCUT2D eigenvalue weighted by Gasteiger charge is -2.13. The second-order valence-electron chi connectivity index (χ2n) is 7.39. The van der Waals surface area contributed by atoms with Crippen LogP contribution in [0.4, 0.5) is 10.1 Å². The Morgan fingerprint density at radius 1 is 1.03 bits per heavy atom. The van der Waals surface area contributed by atoms with Crippen molar-refractivity contribution >= 4 is 45.9 Å². The maximum absolute atomic E-state index is 13.2. The zero-order valence-electron chi connectivity index (χ0n) is 17.6. The summed E-state index contributed by atoms with van der Waals surface area (Å²) in [4.78, 5) is 30.0. The van der Waals surface area contributed by atoms with Crippen LogP contribution in [0.1, 0.15) is 19.3 Å². The van der Waals surface area contributed by atoms with Crippen molar-refractivity contribution in [1.29, 1.82) is 0 Å². The van der Waals surface area contributed by atoms with E-state index in [1.54, 1.807) is 28.8 Å². The molecule has 0 aliphatic carbocycles. The molecule has 33 heavy (non-hydrogen) atoms. The summed E-state index contributed by atoms with van der Waals surface area (Å²) in [6.45, 7) is 0. The number of benzene rings is 3. The number of para-hydroxylation sites is 1. The number of carbonyl (C=O) groups is 1. The van der Waals surface area contributed by atoms with Crippen LogP contribution < -0.4 is 10.9 Å². The highest BCUT2D eigenvalue weighted by molar-refractivity contribution is 7.99. The number of thioether (sulfide) groups is 1. The molecule has 5 nitrogen and oxygen atoms in total. The summed E-state index contributed by atoms with van der Waals surface area (Å²) < 4.78 is 14.6. The van der Waals surface area contributed by atoms with Gasteiger partial charge in [-0.2, -0.15) is 0 Å². The van der Waals surface area contributed by atoms with Gasteiger partial charge in [-0.05, 0) is 67.4 Å². The van der Waals surface area contributed by atoms with Crippen LogP contribution >= 0.6 is 23.4 Å². The largest absolute Gasteiger partial charge is 0.326 e. The number of aromatic nitrogens is 2. The van der Waals surface area contributed by atoms with Crippen LogP contribution in [0, 0.1) is 5.82 Å². The maximum Gasteiger partial charge on any atom is 0.266 e. The first-order valence-corrected chi connectivity index (χ1v) is 11.8. The summed E-state index contributed by atoms with van der Waals surface area (Å²) in [6, 6.07) is 20.1. The van der Waals surface area contributed by atoms with Crippen molar-refractivity contribution in [2.24, 2.45) is 0 Å². The van der Waals surface area contributed by atoms with Crippen LogP contribution in [0.3, 0.4) is 0 Å². The molecule has 0 spiro atoms. The molecule has 0 aliphatic heterocycles. The molecule has 0 unspecified atom stereocenters. The van der Waals surface area contributed by atoms with E-state index in [1.807, 2.05) is 24.3 Å². The van der Waals surface area contributed by atoms with Crippen LogP contribution in [-0.2, 0) is 4.79 Å². The molecule has 0 fully saturated rings. The molecule has 1 heterocycles. The molecule has 0 radical (unpaired) electrons. The zero-order chi connectivity index (χ0) is 23.2. The lowest BCUT2D eigenvalue weighted by atomic mass is 10.2. The monoisotopic (exact) mass is 481 g/mol. The van der Waals surface area contributed by atoms with Crippen LogP contribution in [0.15, 0.2) is 82.7 Å². The second-order valence-corrected chi connectivity index (χ2v) is 8.89. The SMILES string of the molecule is O=C(CCCCSc1nc2ccccc2c(=O)n1-c1cccc(Cl)c1)Nc1ccc(F)cc1. The van der Waals surface area contributed by atoms with E-state index in [1.165, 1.54) is 36.0 Å².